The monoisotopic (exact) mass is 169 g/mol. The number of ether oxygens (including phenoxy) is 1. The molecule has 12 heavy (non-hydrogen) atoms. The summed E-state index contributed by atoms with van der Waals surface area (Å²) >= 11 is 0. The quantitative estimate of drug-likeness (QED) is 0.647. The maximum absolute atomic E-state index is 5.61. The number of hydrogen-bond acceptors (Lipinski definition) is 2. The van der Waals surface area contributed by atoms with Crippen LogP contribution < -0.4 is 5.32 Å². The second kappa shape index (κ2) is 5.33. The third-order valence-electron chi connectivity index (χ3n) is 2.22. The first-order chi connectivity index (χ1) is 5.83. The molecule has 0 radical (unpaired) electrons. The predicted octanol–water partition coefficient (Wildman–Crippen LogP) is 1.72. The third-order valence-corrected chi connectivity index (χ3v) is 2.22. The molecule has 1 N–H and O–H groups in total. The summed E-state index contributed by atoms with van der Waals surface area (Å²) in [6.45, 7) is 5.85. The SMILES string of the molecule is C=C(CNC)CC1CCCCO1. The van der Waals surface area contributed by atoms with Gasteiger partial charge in [0, 0.05) is 13.2 Å². The molecule has 2 nitrogen and oxygen atoms in total. The zero-order valence-electron chi connectivity index (χ0n) is 7.94. The van der Waals surface area contributed by atoms with Crippen LogP contribution in [0.2, 0.25) is 0 Å². The predicted molar refractivity (Wildman–Crippen MR) is 51.3 cm³/mol. The molecule has 1 aliphatic rings. The molecule has 1 atom stereocenters. The standard InChI is InChI=1S/C10H19NO/c1-9(8-11-2)7-10-5-3-4-6-12-10/h10-11H,1,3-8H2,2H3. The van der Waals surface area contributed by atoms with Crippen LogP contribution in [0.25, 0.3) is 0 Å². The third kappa shape index (κ3) is 3.37. The minimum absolute atomic E-state index is 0.444. The Balaban J connectivity index is 2.15. The van der Waals surface area contributed by atoms with Crippen LogP contribution in [-0.4, -0.2) is 26.3 Å². The number of nitrogens with one attached hydrogen (secondary N) is 1. The fourth-order valence-electron chi connectivity index (χ4n) is 1.61. The topological polar surface area (TPSA) is 21.3 Å². The van der Waals surface area contributed by atoms with Crippen molar-refractivity contribution in [1.82, 2.24) is 5.32 Å². The van der Waals surface area contributed by atoms with Crippen molar-refractivity contribution in [2.75, 3.05) is 20.2 Å². The van der Waals surface area contributed by atoms with E-state index in [0.717, 1.165) is 19.6 Å². The Morgan fingerprint density at radius 2 is 2.42 bits per heavy atom. The smallest absolute Gasteiger partial charge is 0.0612 e. The highest BCUT2D eigenvalue weighted by atomic mass is 16.5. The summed E-state index contributed by atoms with van der Waals surface area (Å²) in [6.07, 6.45) is 5.23. The van der Waals surface area contributed by atoms with Crippen molar-refractivity contribution in [3.05, 3.63) is 12.2 Å². The Labute approximate surface area is 75.0 Å². The molecule has 0 bridgehead atoms. The molecule has 70 valence electrons. The molecule has 1 fully saturated rings. The van der Waals surface area contributed by atoms with Gasteiger partial charge >= 0.3 is 0 Å². The van der Waals surface area contributed by atoms with Gasteiger partial charge in [0.2, 0.25) is 0 Å². The summed E-state index contributed by atoms with van der Waals surface area (Å²) in [4.78, 5) is 0. The molecule has 0 aromatic rings. The fraction of sp³-hybridized carbons (Fsp3) is 0.800. The van der Waals surface area contributed by atoms with Gasteiger partial charge in [0.15, 0.2) is 0 Å². The van der Waals surface area contributed by atoms with E-state index in [1.165, 1.54) is 24.8 Å². The van der Waals surface area contributed by atoms with Gasteiger partial charge in [0.05, 0.1) is 6.10 Å². The molecule has 2 heteroatoms. The van der Waals surface area contributed by atoms with Gasteiger partial charge in [-0.25, -0.2) is 0 Å². The minimum atomic E-state index is 0.444. The zero-order valence-corrected chi connectivity index (χ0v) is 7.94. The van der Waals surface area contributed by atoms with Gasteiger partial charge in [-0.05, 0) is 32.7 Å². The molecule has 1 aliphatic heterocycles. The van der Waals surface area contributed by atoms with Gasteiger partial charge in [-0.15, -0.1) is 0 Å². The molecular weight excluding hydrogens is 150 g/mol. The van der Waals surface area contributed by atoms with Gasteiger partial charge in [-0.3, -0.25) is 0 Å². The Kier molecular flexibility index (Phi) is 4.33. The lowest BCUT2D eigenvalue weighted by Crippen LogP contribution is -2.21. The van der Waals surface area contributed by atoms with Crippen LogP contribution in [0.5, 0.6) is 0 Å². The second-order valence-corrected chi connectivity index (χ2v) is 3.47. The largest absolute Gasteiger partial charge is 0.378 e. The minimum Gasteiger partial charge on any atom is -0.378 e. The normalized spacial score (nSPS) is 23.9. The lowest BCUT2D eigenvalue weighted by atomic mass is 10.0. The highest BCUT2D eigenvalue weighted by molar-refractivity contribution is 4.98. The maximum atomic E-state index is 5.61. The molecule has 0 aromatic heterocycles. The maximum Gasteiger partial charge on any atom is 0.0612 e. The van der Waals surface area contributed by atoms with Crippen LogP contribution in [0.15, 0.2) is 12.2 Å². The van der Waals surface area contributed by atoms with Gasteiger partial charge in [0.25, 0.3) is 0 Å². The average Bonchev–Trinajstić information content (AvgIpc) is 2.06. The van der Waals surface area contributed by atoms with Crippen molar-refractivity contribution in [2.24, 2.45) is 0 Å². The molecule has 0 spiro atoms. The van der Waals surface area contributed by atoms with E-state index < -0.39 is 0 Å². The van der Waals surface area contributed by atoms with Crippen molar-refractivity contribution in [1.29, 1.82) is 0 Å². The van der Waals surface area contributed by atoms with Crippen molar-refractivity contribution in [2.45, 2.75) is 31.8 Å². The summed E-state index contributed by atoms with van der Waals surface area (Å²) in [5.41, 5.74) is 1.25. The van der Waals surface area contributed by atoms with Crippen LogP contribution in [0.3, 0.4) is 0 Å². The summed E-state index contributed by atoms with van der Waals surface area (Å²) in [5, 5.41) is 3.10. The Morgan fingerprint density at radius 1 is 1.58 bits per heavy atom. The van der Waals surface area contributed by atoms with Gasteiger partial charge in [0.1, 0.15) is 0 Å². The second-order valence-electron chi connectivity index (χ2n) is 3.47. The van der Waals surface area contributed by atoms with Crippen LogP contribution in [0.1, 0.15) is 25.7 Å². The Morgan fingerprint density at radius 3 is 3.00 bits per heavy atom. The van der Waals surface area contributed by atoms with E-state index in [1.54, 1.807) is 0 Å². The number of rotatable bonds is 4. The molecule has 1 heterocycles. The molecule has 1 unspecified atom stereocenters. The summed E-state index contributed by atoms with van der Waals surface area (Å²) < 4.78 is 5.61. The Bertz CT molecular complexity index is 139. The van der Waals surface area contributed by atoms with E-state index in [1.807, 2.05) is 7.05 Å². The van der Waals surface area contributed by atoms with Crippen molar-refractivity contribution in [3.8, 4) is 0 Å². The highest BCUT2D eigenvalue weighted by Crippen LogP contribution is 2.18. The van der Waals surface area contributed by atoms with E-state index in [4.69, 9.17) is 4.74 Å². The highest BCUT2D eigenvalue weighted by Gasteiger charge is 2.13. The molecule has 0 saturated carbocycles. The molecule has 0 amide bonds. The van der Waals surface area contributed by atoms with Crippen LogP contribution in [0, 0.1) is 0 Å². The molecule has 0 aromatic carbocycles. The van der Waals surface area contributed by atoms with E-state index >= 15 is 0 Å². The van der Waals surface area contributed by atoms with Crippen LogP contribution in [0.4, 0.5) is 0 Å². The van der Waals surface area contributed by atoms with E-state index in [0.29, 0.717) is 6.10 Å². The first kappa shape index (κ1) is 9.75. The van der Waals surface area contributed by atoms with E-state index in [9.17, 15) is 0 Å². The molecule has 0 aliphatic carbocycles. The fourth-order valence-corrected chi connectivity index (χ4v) is 1.61. The van der Waals surface area contributed by atoms with Crippen LogP contribution >= 0.6 is 0 Å². The van der Waals surface area contributed by atoms with Crippen molar-refractivity contribution in [3.63, 3.8) is 0 Å². The summed E-state index contributed by atoms with van der Waals surface area (Å²) in [5.74, 6) is 0. The van der Waals surface area contributed by atoms with Gasteiger partial charge < -0.3 is 10.1 Å². The first-order valence-corrected chi connectivity index (χ1v) is 4.76. The van der Waals surface area contributed by atoms with Gasteiger partial charge in [-0.2, -0.15) is 0 Å². The lowest BCUT2D eigenvalue weighted by molar-refractivity contribution is 0.0166. The van der Waals surface area contributed by atoms with E-state index in [-0.39, 0.29) is 0 Å². The molecule has 1 saturated heterocycles. The van der Waals surface area contributed by atoms with Crippen LogP contribution in [-0.2, 0) is 4.74 Å². The van der Waals surface area contributed by atoms with Crippen molar-refractivity contribution >= 4 is 0 Å². The average molecular weight is 169 g/mol. The molecule has 1 rings (SSSR count). The zero-order chi connectivity index (χ0) is 8.81. The number of hydrogen-bond donors (Lipinski definition) is 1. The van der Waals surface area contributed by atoms with Crippen molar-refractivity contribution < 1.29 is 4.74 Å². The summed E-state index contributed by atoms with van der Waals surface area (Å²) in [7, 11) is 1.95. The Hall–Kier alpha value is -0.340. The van der Waals surface area contributed by atoms with Gasteiger partial charge in [-0.1, -0.05) is 12.2 Å². The lowest BCUT2D eigenvalue weighted by Gasteiger charge is -2.23. The number of likely N-dealkylation sites (N-methyl/N-ethyl adjacent to an activating group) is 1. The molecular formula is C10H19NO. The summed E-state index contributed by atoms with van der Waals surface area (Å²) in [6, 6.07) is 0. The first-order valence-electron chi connectivity index (χ1n) is 4.76. The van der Waals surface area contributed by atoms with E-state index in [2.05, 4.69) is 11.9 Å².